The van der Waals surface area contributed by atoms with Gasteiger partial charge < -0.3 is 5.32 Å². The zero-order valence-electron chi connectivity index (χ0n) is 19.4. The molecule has 0 saturated heterocycles. The van der Waals surface area contributed by atoms with E-state index in [2.05, 4.69) is 72.0 Å². The van der Waals surface area contributed by atoms with E-state index in [9.17, 15) is 0 Å². The van der Waals surface area contributed by atoms with Crippen LogP contribution in [-0.4, -0.2) is 20.2 Å². The molecule has 1 fully saturated rings. The Morgan fingerprint density at radius 1 is 1.03 bits per heavy atom. The number of hydrogen-bond donors (Lipinski definition) is 1. The van der Waals surface area contributed by atoms with E-state index < -0.39 is 0 Å². The van der Waals surface area contributed by atoms with Crippen molar-refractivity contribution in [2.24, 2.45) is 5.41 Å². The van der Waals surface area contributed by atoms with Crippen molar-refractivity contribution in [1.29, 1.82) is 0 Å². The highest BCUT2D eigenvalue weighted by molar-refractivity contribution is 6.35. The van der Waals surface area contributed by atoms with E-state index in [0.717, 1.165) is 42.8 Å². The number of tetrazole rings is 1. The number of aromatic nitrogens is 4. The smallest absolute Gasteiger partial charge is 0.177 e. The Morgan fingerprint density at radius 3 is 2.42 bits per heavy atom. The lowest BCUT2D eigenvalue weighted by Gasteiger charge is -2.39. The first kappa shape index (κ1) is 23.8. The van der Waals surface area contributed by atoms with E-state index in [1.54, 1.807) is 6.07 Å². The number of allylic oxidation sites excluding steroid dienone is 1. The third kappa shape index (κ3) is 5.42. The van der Waals surface area contributed by atoms with E-state index in [1.807, 2.05) is 29.0 Å². The van der Waals surface area contributed by atoms with Crippen LogP contribution in [-0.2, 0) is 5.54 Å². The molecule has 1 unspecified atom stereocenters. The third-order valence-corrected chi connectivity index (χ3v) is 6.92. The first-order valence-corrected chi connectivity index (χ1v) is 12.3. The second kappa shape index (κ2) is 9.86. The van der Waals surface area contributed by atoms with Gasteiger partial charge in [-0.3, -0.25) is 0 Å². The maximum Gasteiger partial charge on any atom is 0.177 e. The minimum absolute atomic E-state index is 0.0642. The molecule has 33 heavy (non-hydrogen) atoms. The highest BCUT2D eigenvalue weighted by Gasteiger charge is 2.41. The highest BCUT2D eigenvalue weighted by atomic mass is 35.5. The predicted octanol–water partition coefficient (Wildman–Crippen LogP) is 7.55. The second-order valence-corrected chi connectivity index (χ2v) is 10.8. The molecule has 0 bridgehead atoms. The van der Waals surface area contributed by atoms with Crippen molar-refractivity contribution in [1.82, 2.24) is 20.2 Å². The SMILES string of the molecule is CC(C)(C)C(/C=C/c1ccc(Cl)cc1Cl)n1nnnc1C1(Nc2ccccc2)CCCCC1. The molecule has 7 heteroatoms. The van der Waals surface area contributed by atoms with Crippen molar-refractivity contribution in [2.75, 3.05) is 5.32 Å². The molecular weight excluding hydrogens is 453 g/mol. The van der Waals surface area contributed by atoms with E-state index in [4.69, 9.17) is 23.2 Å². The molecule has 0 aliphatic heterocycles. The number of hydrogen-bond acceptors (Lipinski definition) is 4. The summed E-state index contributed by atoms with van der Waals surface area (Å²) < 4.78 is 2.00. The molecule has 5 nitrogen and oxygen atoms in total. The largest absolute Gasteiger partial charge is 0.373 e. The molecule has 174 valence electrons. The molecule has 0 amide bonds. The van der Waals surface area contributed by atoms with Gasteiger partial charge in [-0.15, -0.1) is 5.10 Å². The van der Waals surface area contributed by atoms with Gasteiger partial charge in [0.2, 0.25) is 0 Å². The number of nitrogens with zero attached hydrogens (tertiary/aromatic N) is 4. The summed E-state index contributed by atoms with van der Waals surface area (Å²) >= 11 is 12.5. The Balaban J connectivity index is 1.74. The van der Waals surface area contributed by atoms with Crippen LogP contribution in [0.1, 0.15) is 70.3 Å². The molecule has 2 aromatic carbocycles. The van der Waals surface area contributed by atoms with Crippen molar-refractivity contribution >= 4 is 35.0 Å². The van der Waals surface area contributed by atoms with Crippen LogP contribution in [0.5, 0.6) is 0 Å². The van der Waals surface area contributed by atoms with Gasteiger partial charge in [0.25, 0.3) is 0 Å². The van der Waals surface area contributed by atoms with Crippen LogP contribution in [0.25, 0.3) is 6.08 Å². The van der Waals surface area contributed by atoms with Gasteiger partial charge in [0, 0.05) is 15.7 Å². The van der Waals surface area contributed by atoms with Gasteiger partial charge in [0.1, 0.15) is 0 Å². The number of rotatable bonds is 6. The summed E-state index contributed by atoms with van der Waals surface area (Å²) in [5, 5.41) is 18.3. The molecule has 1 heterocycles. The molecule has 1 atom stereocenters. The Bertz CT molecular complexity index is 1100. The van der Waals surface area contributed by atoms with Crippen LogP contribution < -0.4 is 5.32 Å². The maximum absolute atomic E-state index is 6.42. The van der Waals surface area contributed by atoms with E-state index >= 15 is 0 Å². The Kier molecular flexibility index (Phi) is 7.10. The Labute approximate surface area is 206 Å². The standard InChI is InChI=1S/C26H31Cl2N5/c1-25(2,3)23(15-13-19-12-14-20(27)18-22(19)28)33-24(30-31-32-33)26(16-8-5-9-17-26)29-21-10-6-4-7-11-21/h4,6-7,10-15,18,23,29H,5,8-9,16-17H2,1-3H3/b15-13+. The lowest BCUT2D eigenvalue weighted by atomic mass is 9.79. The summed E-state index contributed by atoms with van der Waals surface area (Å²) in [6.07, 6.45) is 9.69. The third-order valence-electron chi connectivity index (χ3n) is 6.36. The molecule has 1 aromatic heterocycles. The quantitative estimate of drug-likeness (QED) is 0.392. The fraction of sp³-hybridized carbons (Fsp3) is 0.423. The number of para-hydroxylation sites is 1. The molecule has 4 rings (SSSR count). The fourth-order valence-electron chi connectivity index (χ4n) is 4.62. The van der Waals surface area contributed by atoms with Gasteiger partial charge in [0.05, 0.1) is 11.6 Å². The van der Waals surface area contributed by atoms with Crippen molar-refractivity contribution < 1.29 is 0 Å². The zero-order chi connectivity index (χ0) is 23.5. The van der Waals surface area contributed by atoms with Gasteiger partial charge >= 0.3 is 0 Å². The molecule has 1 aliphatic rings. The van der Waals surface area contributed by atoms with Crippen LogP contribution in [0.2, 0.25) is 10.0 Å². The minimum atomic E-state index is -0.307. The molecule has 1 N–H and O–H groups in total. The Morgan fingerprint density at radius 2 is 1.76 bits per heavy atom. The summed E-state index contributed by atoms with van der Waals surface area (Å²) in [5.41, 5.74) is 1.57. The highest BCUT2D eigenvalue weighted by Crippen LogP contribution is 2.42. The second-order valence-electron chi connectivity index (χ2n) is 9.92. The fourth-order valence-corrected chi connectivity index (χ4v) is 5.09. The van der Waals surface area contributed by atoms with Crippen LogP contribution in [0.15, 0.2) is 54.6 Å². The number of benzene rings is 2. The molecule has 0 radical (unpaired) electrons. The van der Waals surface area contributed by atoms with E-state index in [1.165, 1.54) is 6.42 Å². The number of nitrogens with one attached hydrogen (secondary N) is 1. The number of halogens is 2. The van der Waals surface area contributed by atoms with E-state index in [-0.39, 0.29) is 17.0 Å². The van der Waals surface area contributed by atoms with Crippen LogP contribution in [0, 0.1) is 5.41 Å². The van der Waals surface area contributed by atoms with Gasteiger partial charge in [-0.2, -0.15) is 0 Å². The van der Waals surface area contributed by atoms with Gasteiger partial charge in [0.15, 0.2) is 5.82 Å². The topological polar surface area (TPSA) is 55.6 Å². The normalized spacial score (nSPS) is 17.2. The summed E-state index contributed by atoms with van der Waals surface area (Å²) in [6, 6.07) is 15.8. The van der Waals surface area contributed by atoms with Gasteiger partial charge in [-0.05, 0) is 58.5 Å². The maximum atomic E-state index is 6.42. The lowest BCUT2D eigenvalue weighted by Crippen LogP contribution is -2.42. The molecule has 3 aromatic rings. The predicted molar refractivity (Wildman–Crippen MR) is 137 cm³/mol. The first-order valence-electron chi connectivity index (χ1n) is 11.5. The van der Waals surface area contributed by atoms with Crippen LogP contribution in [0.3, 0.4) is 0 Å². The first-order chi connectivity index (χ1) is 15.8. The van der Waals surface area contributed by atoms with Crippen molar-refractivity contribution in [3.8, 4) is 0 Å². The molecule has 1 aliphatic carbocycles. The van der Waals surface area contributed by atoms with Gasteiger partial charge in [-0.25, -0.2) is 4.68 Å². The van der Waals surface area contributed by atoms with Crippen LogP contribution in [0.4, 0.5) is 5.69 Å². The van der Waals surface area contributed by atoms with Crippen molar-refractivity contribution in [2.45, 2.75) is 64.5 Å². The average molecular weight is 484 g/mol. The number of anilines is 1. The van der Waals surface area contributed by atoms with Gasteiger partial charge in [-0.1, -0.05) is 99.7 Å². The zero-order valence-corrected chi connectivity index (χ0v) is 20.9. The van der Waals surface area contributed by atoms with E-state index in [0.29, 0.717) is 10.0 Å². The van der Waals surface area contributed by atoms with Crippen molar-refractivity contribution in [3.05, 3.63) is 76.0 Å². The van der Waals surface area contributed by atoms with Crippen LogP contribution >= 0.6 is 23.2 Å². The Hall–Kier alpha value is -2.37. The summed E-state index contributed by atoms with van der Waals surface area (Å²) in [7, 11) is 0. The van der Waals surface area contributed by atoms with Crippen molar-refractivity contribution in [3.63, 3.8) is 0 Å². The monoisotopic (exact) mass is 483 g/mol. The average Bonchev–Trinajstić information content (AvgIpc) is 3.26. The summed E-state index contributed by atoms with van der Waals surface area (Å²) in [6.45, 7) is 6.61. The summed E-state index contributed by atoms with van der Waals surface area (Å²) in [4.78, 5) is 0. The molecule has 0 spiro atoms. The summed E-state index contributed by atoms with van der Waals surface area (Å²) in [5.74, 6) is 0.887. The molecular formula is C26H31Cl2N5. The minimum Gasteiger partial charge on any atom is -0.373 e. The molecule has 1 saturated carbocycles. The lowest BCUT2D eigenvalue weighted by molar-refractivity contribution is 0.237.